The van der Waals surface area contributed by atoms with Crippen LogP contribution in [0.4, 0.5) is 5.69 Å². The molecule has 1 amide bonds. The molecular weight excluding hydrogens is 388 g/mol. The molecular formula is C21H26N4O3S. The zero-order chi connectivity index (χ0) is 21.8. The van der Waals surface area contributed by atoms with Crippen LogP contribution < -0.4 is 5.32 Å². The summed E-state index contributed by atoms with van der Waals surface area (Å²) in [6, 6.07) is 9.96. The molecule has 0 saturated heterocycles. The predicted molar refractivity (Wildman–Crippen MR) is 114 cm³/mol. The Balaban J connectivity index is 2.40. The van der Waals surface area contributed by atoms with E-state index in [0.717, 1.165) is 34.2 Å². The fraction of sp³-hybridized carbons (Fsp3) is 0.333. The first-order valence-corrected chi connectivity index (χ1v) is 10.7. The highest BCUT2D eigenvalue weighted by Gasteiger charge is 2.22. The molecule has 7 nitrogen and oxygen atoms in total. The molecule has 0 fully saturated rings. The number of rotatable bonds is 7. The van der Waals surface area contributed by atoms with Gasteiger partial charge in [-0.05, 0) is 50.1 Å². The van der Waals surface area contributed by atoms with Crippen LogP contribution in [0.3, 0.4) is 0 Å². The highest BCUT2D eigenvalue weighted by atomic mass is 32.2. The summed E-state index contributed by atoms with van der Waals surface area (Å²) in [5.41, 5.74) is 2.84. The Hall–Kier alpha value is -2.89. The molecule has 8 heteroatoms. The molecule has 0 aliphatic rings. The van der Waals surface area contributed by atoms with Gasteiger partial charge in [-0.1, -0.05) is 19.1 Å². The largest absolute Gasteiger partial charge is 0.349 e. The summed E-state index contributed by atoms with van der Waals surface area (Å²) in [7, 11) is -0.912. The summed E-state index contributed by atoms with van der Waals surface area (Å²) >= 11 is 0. The minimum Gasteiger partial charge on any atom is -0.349 e. The molecule has 2 aromatic rings. The Bertz CT molecular complexity index is 1090. The van der Waals surface area contributed by atoms with Crippen molar-refractivity contribution >= 4 is 27.7 Å². The van der Waals surface area contributed by atoms with Gasteiger partial charge in [-0.2, -0.15) is 5.26 Å². The van der Waals surface area contributed by atoms with Crippen LogP contribution in [-0.2, 0) is 21.4 Å². The van der Waals surface area contributed by atoms with E-state index in [1.54, 1.807) is 12.1 Å². The average molecular weight is 415 g/mol. The first-order chi connectivity index (χ1) is 13.6. The Morgan fingerprint density at radius 3 is 2.52 bits per heavy atom. The lowest BCUT2D eigenvalue weighted by atomic mass is 10.1. The second-order valence-corrected chi connectivity index (χ2v) is 9.01. The van der Waals surface area contributed by atoms with Gasteiger partial charge in [-0.3, -0.25) is 4.79 Å². The number of sulfonamides is 1. The molecule has 154 valence electrons. The van der Waals surface area contributed by atoms with Crippen molar-refractivity contribution in [3.63, 3.8) is 0 Å². The van der Waals surface area contributed by atoms with Crippen LogP contribution in [0.5, 0.6) is 0 Å². The van der Waals surface area contributed by atoms with Crippen molar-refractivity contribution in [2.24, 2.45) is 0 Å². The van der Waals surface area contributed by atoms with Crippen molar-refractivity contribution in [3.05, 3.63) is 52.9 Å². The van der Waals surface area contributed by atoms with Crippen LogP contribution in [0.25, 0.3) is 6.08 Å². The van der Waals surface area contributed by atoms with Crippen LogP contribution in [0, 0.1) is 25.2 Å². The maximum atomic E-state index is 12.7. The van der Waals surface area contributed by atoms with Crippen molar-refractivity contribution in [1.29, 1.82) is 5.26 Å². The number of nitrogens with one attached hydrogen (secondary N) is 1. The van der Waals surface area contributed by atoms with Gasteiger partial charge in [0.15, 0.2) is 0 Å². The van der Waals surface area contributed by atoms with Gasteiger partial charge in [0, 0.05) is 32.0 Å². The van der Waals surface area contributed by atoms with Crippen molar-refractivity contribution in [1.82, 2.24) is 8.87 Å². The van der Waals surface area contributed by atoms with Crippen LogP contribution >= 0.6 is 0 Å². The van der Waals surface area contributed by atoms with Crippen molar-refractivity contribution in [2.45, 2.75) is 38.6 Å². The molecule has 0 aliphatic carbocycles. The smallest absolute Gasteiger partial charge is 0.266 e. The highest BCUT2D eigenvalue weighted by Crippen LogP contribution is 2.24. The Kier molecular flexibility index (Phi) is 7.01. The van der Waals surface area contributed by atoms with E-state index in [-0.39, 0.29) is 16.2 Å². The molecule has 29 heavy (non-hydrogen) atoms. The van der Waals surface area contributed by atoms with E-state index < -0.39 is 15.9 Å². The Morgan fingerprint density at radius 1 is 1.28 bits per heavy atom. The summed E-state index contributed by atoms with van der Waals surface area (Å²) < 4.78 is 28.2. The number of anilines is 1. The first-order valence-electron chi connectivity index (χ1n) is 9.24. The lowest BCUT2D eigenvalue weighted by Gasteiger charge is -2.15. The van der Waals surface area contributed by atoms with Gasteiger partial charge >= 0.3 is 0 Å². The zero-order valence-electron chi connectivity index (χ0n) is 17.4. The fourth-order valence-corrected chi connectivity index (χ4v) is 4.07. The maximum absolute atomic E-state index is 12.7. The Morgan fingerprint density at radius 2 is 1.93 bits per heavy atom. The van der Waals surface area contributed by atoms with E-state index in [1.807, 2.05) is 26.0 Å². The molecule has 0 saturated carbocycles. The molecule has 1 heterocycles. The van der Waals surface area contributed by atoms with Crippen molar-refractivity contribution in [3.8, 4) is 6.07 Å². The van der Waals surface area contributed by atoms with Gasteiger partial charge in [0.2, 0.25) is 10.0 Å². The van der Waals surface area contributed by atoms with Crippen molar-refractivity contribution < 1.29 is 13.2 Å². The molecule has 1 aromatic carbocycles. The number of aryl methyl sites for hydroxylation is 1. The van der Waals surface area contributed by atoms with Crippen LogP contribution in [-0.4, -0.2) is 37.3 Å². The number of hydrogen-bond acceptors (Lipinski definition) is 4. The molecule has 0 unspecified atom stereocenters. The lowest BCUT2D eigenvalue weighted by molar-refractivity contribution is -0.112. The number of carbonyl (C=O) groups excluding carboxylic acids is 1. The number of carbonyl (C=O) groups is 1. The summed E-state index contributed by atoms with van der Waals surface area (Å²) in [5, 5.41) is 12.1. The Labute approximate surface area is 172 Å². The normalized spacial score (nSPS) is 12.1. The van der Waals surface area contributed by atoms with Gasteiger partial charge in [0.05, 0.1) is 5.69 Å². The second kappa shape index (κ2) is 9.07. The number of amides is 1. The third kappa shape index (κ3) is 4.75. The summed E-state index contributed by atoms with van der Waals surface area (Å²) in [6.45, 7) is 6.87. The predicted octanol–water partition coefficient (Wildman–Crippen LogP) is 3.31. The van der Waals surface area contributed by atoms with Gasteiger partial charge in [-0.15, -0.1) is 0 Å². The number of nitrogens with zero attached hydrogens (tertiary/aromatic N) is 3. The minimum absolute atomic E-state index is 0.0308. The van der Waals surface area contributed by atoms with E-state index >= 15 is 0 Å². The molecule has 0 atom stereocenters. The third-order valence-electron chi connectivity index (χ3n) is 4.62. The standard InChI is InChI=1S/C21H26N4O3S/c1-6-11-25-15(2)12-17(16(25)3)13-18(14-22)21(26)23-19-9-7-8-10-20(19)29(27,28)24(4)5/h7-10,12-13H,6,11H2,1-5H3,(H,23,26)/b18-13-. The van der Waals surface area contributed by atoms with E-state index in [9.17, 15) is 18.5 Å². The van der Waals surface area contributed by atoms with Gasteiger partial charge in [0.1, 0.15) is 16.5 Å². The molecule has 1 N–H and O–H groups in total. The van der Waals surface area contributed by atoms with E-state index in [0.29, 0.717) is 0 Å². The maximum Gasteiger partial charge on any atom is 0.266 e. The molecule has 2 rings (SSSR count). The van der Waals surface area contributed by atoms with Gasteiger partial charge < -0.3 is 9.88 Å². The summed E-state index contributed by atoms with van der Waals surface area (Å²) in [4.78, 5) is 12.7. The van der Waals surface area contributed by atoms with E-state index in [4.69, 9.17) is 0 Å². The molecule has 0 bridgehead atoms. The van der Waals surface area contributed by atoms with Crippen LogP contribution in [0.2, 0.25) is 0 Å². The average Bonchev–Trinajstić information content (AvgIpc) is 2.93. The minimum atomic E-state index is -3.75. The third-order valence-corrected chi connectivity index (χ3v) is 6.49. The SMILES string of the molecule is CCCn1c(C)cc(/C=C(/C#N)C(=O)Nc2ccccc2S(=O)(=O)N(C)C)c1C. The van der Waals surface area contributed by atoms with Crippen LogP contribution in [0.15, 0.2) is 40.8 Å². The van der Waals surface area contributed by atoms with Gasteiger partial charge in [-0.25, -0.2) is 12.7 Å². The summed E-state index contributed by atoms with van der Waals surface area (Å²) in [6.07, 6.45) is 2.51. The zero-order valence-corrected chi connectivity index (χ0v) is 18.2. The monoisotopic (exact) mass is 414 g/mol. The molecule has 0 spiro atoms. The number of hydrogen-bond donors (Lipinski definition) is 1. The second-order valence-electron chi connectivity index (χ2n) is 6.89. The number of benzene rings is 1. The van der Waals surface area contributed by atoms with E-state index in [1.165, 1.54) is 32.3 Å². The quantitative estimate of drug-likeness (QED) is 0.555. The topological polar surface area (TPSA) is 95.2 Å². The lowest BCUT2D eigenvalue weighted by Crippen LogP contribution is -2.24. The number of aromatic nitrogens is 1. The molecule has 1 aromatic heterocycles. The highest BCUT2D eigenvalue weighted by molar-refractivity contribution is 7.89. The van der Waals surface area contributed by atoms with Crippen molar-refractivity contribution in [2.75, 3.05) is 19.4 Å². The number of nitriles is 1. The fourth-order valence-electron chi connectivity index (χ4n) is 3.03. The number of para-hydroxylation sites is 1. The summed E-state index contributed by atoms with van der Waals surface area (Å²) in [5.74, 6) is -0.658. The van der Waals surface area contributed by atoms with E-state index in [2.05, 4.69) is 16.8 Å². The first kappa shape index (κ1) is 22.4. The molecule has 0 radical (unpaired) electrons. The molecule has 0 aliphatic heterocycles. The van der Waals surface area contributed by atoms with Crippen LogP contribution in [0.1, 0.15) is 30.3 Å². The van der Waals surface area contributed by atoms with Gasteiger partial charge in [0.25, 0.3) is 5.91 Å².